The van der Waals surface area contributed by atoms with Crippen molar-refractivity contribution in [3.05, 3.63) is 30.1 Å². The quantitative estimate of drug-likeness (QED) is 0.633. The number of aromatic nitrogens is 1. The average Bonchev–Trinajstić information content (AvgIpc) is 1.95. The molecule has 1 aromatic rings. The Hall–Kier alpha value is -1.31. The van der Waals surface area contributed by atoms with Crippen molar-refractivity contribution >= 4 is 11.8 Å². The van der Waals surface area contributed by atoms with Gasteiger partial charge in [0.25, 0.3) is 0 Å². The second kappa shape index (κ2) is 2.52. The standard InChI is InChI=1S/C8H10N2/c1-3-8-6(2)7(9)4-5-10-8/h3-5H,1H2,2H3,(H2,9,10). The van der Waals surface area contributed by atoms with Crippen LogP contribution in [0.1, 0.15) is 11.3 Å². The summed E-state index contributed by atoms with van der Waals surface area (Å²) in [7, 11) is 0. The highest BCUT2D eigenvalue weighted by molar-refractivity contribution is 5.57. The van der Waals surface area contributed by atoms with Crippen LogP contribution < -0.4 is 5.73 Å². The molecule has 0 radical (unpaired) electrons. The maximum atomic E-state index is 5.61. The molecule has 0 aliphatic rings. The van der Waals surface area contributed by atoms with E-state index >= 15 is 0 Å². The minimum absolute atomic E-state index is 0.768. The van der Waals surface area contributed by atoms with Crippen LogP contribution in [0.25, 0.3) is 6.08 Å². The summed E-state index contributed by atoms with van der Waals surface area (Å²) in [6.45, 7) is 5.54. The Kier molecular flexibility index (Phi) is 1.71. The highest BCUT2D eigenvalue weighted by Gasteiger charge is 1.96. The molecule has 0 saturated heterocycles. The molecule has 0 saturated carbocycles. The van der Waals surface area contributed by atoms with E-state index in [1.54, 1.807) is 18.3 Å². The third-order valence-corrected chi connectivity index (χ3v) is 1.48. The van der Waals surface area contributed by atoms with E-state index in [1.165, 1.54) is 0 Å². The first-order valence-corrected chi connectivity index (χ1v) is 3.09. The van der Waals surface area contributed by atoms with Gasteiger partial charge < -0.3 is 5.73 Å². The van der Waals surface area contributed by atoms with Gasteiger partial charge >= 0.3 is 0 Å². The number of nitrogens with two attached hydrogens (primary N) is 1. The Balaban J connectivity index is 3.27. The lowest BCUT2D eigenvalue weighted by atomic mass is 10.2. The second-order valence-corrected chi connectivity index (χ2v) is 2.11. The van der Waals surface area contributed by atoms with E-state index in [2.05, 4.69) is 11.6 Å². The molecule has 52 valence electrons. The van der Waals surface area contributed by atoms with Crippen LogP contribution in [-0.2, 0) is 0 Å². The maximum absolute atomic E-state index is 5.61. The van der Waals surface area contributed by atoms with Crippen LogP contribution in [0.3, 0.4) is 0 Å². The van der Waals surface area contributed by atoms with Gasteiger partial charge in [-0.25, -0.2) is 0 Å². The first-order valence-electron chi connectivity index (χ1n) is 3.09. The molecule has 0 bridgehead atoms. The van der Waals surface area contributed by atoms with Crippen LogP contribution in [0.2, 0.25) is 0 Å². The van der Waals surface area contributed by atoms with Crippen molar-refractivity contribution in [3.8, 4) is 0 Å². The van der Waals surface area contributed by atoms with Crippen LogP contribution in [0.4, 0.5) is 5.69 Å². The molecule has 2 nitrogen and oxygen atoms in total. The van der Waals surface area contributed by atoms with Gasteiger partial charge in [-0.3, -0.25) is 4.98 Å². The van der Waals surface area contributed by atoms with E-state index in [4.69, 9.17) is 5.73 Å². The van der Waals surface area contributed by atoms with Crippen molar-refractivity contribution in [2.24, 2.45) is 0 Å². The number of rotatable bonds is 1. The van der Waals surface area contributed by atoms with E-state index < -0.39 is 0 Å². The summed E-state index contributed by atoms with van der Waals surface area (Å²) in [4.78, 5) is 4.06. The first kappa shape index (κ1) is 6.81. The predicted molar refractivity (Wildman–Crippen MR) is 43.5 cm³/mol. The smallest absolute Gasteiger partial charge is 0.0673 e. The molecule has 0 fully saturated rings. The molecular weight excluding hydrogens is 124 g/mol. The summed E-state index contributed by atoms with van der Waals surface area (Å²) in [6, 6.07) is 1.78. The summed E-state index contributed by atoms with van der Waals surface area (Å²) < 4.78 is 0. The molecule has 1 aromatic heterocycles. The number of nitrogen functional groups attached to an aromatic ring is 1. The number of hydrogen-bond acceptors (Lipinski definition) is 2. The Labute approximate surface area is 60.4 Å². The molecule has 0 unspecified atom stereocenters. The van der Waals surface area contributed by atoms with Crippen LogP contribution >= 0.6 is 0 Å². The van der Waals surface area contributed by atoms with Crippen LogP contribution in [-0.4, -0.2) is 4.98 Å². The van der Waals surface area contributed by atoms with Crippen LogP contribution in [0, 0.1) is 6.92 Å². The van der Waals surface area contributed by atoms with Crippen LogP contribution in [0.15, 0.2) is 18.8 Å². The zero-order valence-electron chi connectivity index (χ0n) is 5.96. The summed E-state index contributed by atoms with van der Waals surface area (Å²) >= 11 is 0. The lowest BCUT2D eigenvalue weighted by Gasteiger charge is -2.00. The van der Waals surface area contributed by atoms with Crippen molar-refractivity contribution < 1.29 is 0 Å². The highest BCUT2D eigenvalue weighted by atomic mass is 14.7. The van der Waals surface area contributed by atoms with Gasteiger partial charge in [-0.1, -0.05) is 6.58 Å². The maximum Gasteiger partial charge on any atom is 0.0673 e. The highest BCUT2D eigenvalue weighted by Crippen LogP contribution is 2.12. The van der Waals surface area contributed by atoms with Gasteiger partial charge in [0.1, 0.15) is 0 Å². The Morgan fingerprint density at radius 1 is 1.70 bits per heavy atom. The predicted octanol–water partition coefficient (Wildman–Crippen LogP) is 1.62. The molecule has 0 spiro atoms. The number of anilines is 1. The number of pyridine rings is 1. The fourth-order valence-electron chi connectivity index (χ4n) is 0.773. The zero-order valence-corrected chi connectivity index (χ0v) is 5.96. The third-order valence-electron chi connectivity index (χ3n) is 1.48. The van der Waals surface area contributed by atoms with Gasteiger partial charge in [-0.05, 0) is 24.6 Å². The van der Waals surface area contributed by atoms with Crippen LogP contribution in [0.5, 0.6) is 0 Å². The Morgan fingerprint density at radius 2 is 2.40 bits per heavy atom. The fourth-order valence-corrected chi connectivity index (χ4v) is 0.773. The molecule has 0 aliphatic carbocycles. The normalized spacial score (nSPS) is 9.30. The van der Waals surface area contributed by atoms with Crippen molar-refractivity contribution in [2.45, 2.75) is 6.92 Å². The monoisotopic (exact) mass is 134 g/mol. The minimum Gasteiger partial charge on any atom is -0.398 e. The summed E-state index contributed by atoms with van der Waals surface area (Å²) in [5.41, 5.74) is 8.24. The van der Waals surface area contributed by atoms with Gasteiger partial charge in [0.05, 0.1) is 5.69 Å². The lowest BCUT2D eigenvalue weighted by Crippen LogP contribution is -1.93. The molecular formula is C8H10N2. The molecule has 0 amide bonds. The van der Waals surface area contributed by atoms with Crippen molar-refractivity contribution in [1.82, 2.24) is 4.98 Å². The zero-order chi connectivity index (χ0) is 7.56. The van der Waals surface area contributed by atoms with E-state index in [1.807, 2.05) is 6.92 Å². The molecule has 0 aromatic carbocycles. The van der Waals surface area contributed by atoms with Crippen molar-refractivity contribution in [3.63, 3.8) is 0 Å². The lowest BCUT2D eigenvalue weighted by molar-refractivity contribution is 1.24. The van der Waals surface area contributed by atoms with Gasteiger partial charge in [0.15, 0.2) is 0 Å². The fraction of sp³-hybridized carbons (Fsp3) is 0.125. The van der Waals surface area contributed by atoms with Gasteiger partial charge in [0, 0.05) is 11.9 Å². The number of hydrogen-bond donors (Lipinski definition) is 1. The van der Waals surface area contributed by atoms with Crippen molar-refractivity contribution in [1.29, 1.82) is 0 Å². The van der Waals surface area contributed by atoms with E-state index in [9.17, 15) is 0 Å². The minimum atomic E-state index is 0.768. The van der Waals surface area contributed by atoms with Gasteiger partial charge in [0.2, 0.25) is 0 Å². The SMILES string of the molecule is C=Cc1nccc(N)c1C. The molecule has 2 heteroatoms. The molecule has 0 aliphatic heterocycles. The van der Waals surface area contributed by atoms with Crippen molar-refractivity contribution in [2.75, 3.05) is 5.73 Å². The molecule has 1 rings (SSSR count). The van der Waals surface area contributed by atoms with E-state index in [0.29, 0.717) is 0 Å². The van der Waals surface area contributed by atoms with E-state index in [0.717, 1.165) is 16.9 Å². The first-order chi connectivity index (χ1) is 4.75. The van der Waals surface area contributed by atoms with Gasteiger partial charge in [-0.2, -0.15) is 0 Å². The second-order valence-electron chi connectivity index (χ2n) is 2.11. The Bertz CT molecular complexity index is 253. The summed E-state index contributed by atoms with van der Waals surface area (Å²) in [5, 5.41) is 0. The third kappa shape index (κ3) is 1.00. The van der Waals surface area contributed by atoms with E-state index in [-0.39, 0.29) is 0 Å². The average molecular weight is 134 g/mol. The molecule has 0 atom stereocenters. The molecule has 10 heavy (non-hydrogen) atoms. The molecule has 1 heterocycles. The van der Waals surface area contributed by atoms with Gasteiger partial charge in [-0.15, -0.1) is 0 Å². The summed E-state index contributed by atoms with van der Waals surface area (Å²) in [5.74, 6) is 0. The largest absolute Gasteiger partial charge is 0.398 e. The topological polar surface area (TPSA) is 38.9 Å². The summed E-state index contributed by atoms with van der Waals surface area (Å²) in [6.07, 6.45) is 3.38. The molecule has 2 N–H and O–H groups in total. The number of nitrogens with zero attached hydrogens (tertiary/aromatic N) is 1. The Morgan fingerprint density at radius 3 is 2.90 bits per heavy atom.